The average molecular weight is 373 g/mol. The van der Waals surface area contributed by atoms with Crippen LogP contribution in [0.15, 0.2) is 28.8 Å². The molecule has 1 aliphatic heterocycles. The number of amides is 1. The predicted octanol–water partition coefficient (Wildman–Crippen LogP) is 1.92. The molecular formula is C18H23N5O4. The van der Waals surface area contributed by atoms with Gasteiger partial charge >= 0.3 is 0 Å². The molecule has 0 unspecified atom stereocenters. The van der Waals surface area contributed by atoms with Gasteiger partial charge in [-0.3, -0.25) is 19.8 Å². The van der Waals surface area contributed by atoms with Crippen LogP contribution < -0.4 is 4.90 Å². The van der Waals surface area contributed by atoms with E-state index in [-0.39, 0.29) is 11.6 Å². The molecule has 0 N–H and O–H groups in total. The topological polar surface area (TPSA) is 96.0 Å². The van der Waals surface area contributed by atoms with Gasteiger partial charge in [0.25, 0.3) is 11.6 Å². The van der Waals surface area contributed by atoms with E-state index >= 15 is 0 Å². The predicted molar refractivity (Wildman–Crippen MR) is 99.8 cm³/mol. The number of aryl methyl sites for hydroxylation is 1. The minimum Gasteiger partial charge on any atom is -0.377 e. The summed E-state index contributed by atoms with van der Waals surface area (Å²) in [5.41, 5.74) is 1.79. The van der Waals surface area contributed by atoms with Crippen molar-refractivity contribution in [2.24, 2.45) is 0 Å². The zero-order chi connectivity index (χ0) is 19.6. The van der Waals surface area contributed by atoms with E-state index in [1.807, 2.05) is 27.1 Å². The van der Waals surface area contributed by atoms with Gasteiger partial charge in [-0.2, -0.15) is 0 Å². The van der Waals surface area contributed by atoms with Gasteiger partial charge in [0.15, 0.2) is 5.76 Å². The number of carbonyl (C=O) groups is 1. The summed E-state index contributed by atoms with van der Waals surface area (Å²) in [4.78, 5) is 29.4. The van der Waals surface area contributed by atoms with Crippen LogP contribution in [-0.4, -0.2) is 66.1 Å². The molecule has 0 spiro atoms. The maximum Gasteiger partial charge on any atom is 0.270 e. The van der Waals surface area contributed by atoms with Gasteiger partial charge in [-0.25, -0.2) is 0 Å². The maximum atomic E-state index is 13.0. The lowest BCUT2D eigenvalue weighted by Gasteiger charge is -2.34. The number of non-ortho nitro benzene ring substituents is 1. The number of nitro groups is 1. The summed E-state index contributed by atoms with van der Waals surface area (Å²) in [5.74, 6) is 0.624. The fraction of sp³-hybridized carbons (Fsp3) is 0.444. The Hall–Kier alpha value is -2.94. The summed E-state index contributed by atoms with van der Waals surface area (Å²) in [6.45, 7) is 5.06. The Labute approximate surface area is 157 Å². The zero-order valence-electron chi connectivity index (χ0n) is 15.7. The Balaban J connectivity index is 1.70. The van der Waals surface area contributed by atoms with Crippen molar-refractivity contribution in [3.8, 4) is 0 Å². The molecule has 1 aliphatic rings. The Morgan fingerprint density at radius 3 is 2.52 bits per heavy atom. The quantitative estimate of drug-likeness (QED) is 0.583. The van der Waals surface area contributed by atoms with Gasteiger partial charge < -0.3 is 14.3 Å². The Morgan fingerprint density at radius 2 is 1.96 bits per heavy atom. The molecule has 27 heavy (non-hydrogen) atoms. The van der Waals surface area contributed by atoms with Crippen molar-refractivity contribution in [2.75, 3.05) is 45.2 Å². The number of nitrogens with zero attached hydrogens (tertiary/aromatic N) is 5. The first-order chi connectivity index (χ1) is 12.8. The SMILES string of the molecule is Cc1cc(CN2CCN(C(=O)c3cc([N+](=O)[O-])ccc3N(C)C)CC2)on1. The maximum absolute atomic E-state index is 13.0. The molecule has 1 amide bonds. The van der Waals surface area contributed by atoms with E-state index in [9.17, 15) is 14.9 Å². The molecule has 1 fully saturated rings. The van der Waals surface area contributed by atoms with Crippen LogP contribution in [0.25, 0.3) is 0 Å². The molecule has 144 valence electrons. The number of anilines is 1. The number of hydrogen-bond acceptors (Lipinski definition) is 7. The first kappa shape index (κ1) is 18.8. The summed E-state index contributed by atoms with van der Waals surface area (Å²) < 4.78 is 5.25. The van der Waals surface area contributed by atoms with Gasteiger partial charge in [0.2, 0.25) is 0 Å². The van der Waals surface area contributed by atoms with E-state index < -0.39 is 4.92 Å². The molecule has 9 heteroatoms. The summed E-state index contributed by atoms with van der Waals surface area (Å²) in [6, 6.07) is 6.31. The molecule has 0 saturated carbocycles. The summed E-state index contributed by atoms with van der Waals surface area (Å²) >= 11 is 0. The molecule has 0 aliphatic carbocycles. The van der Waals surface area contributed by atoms with Crippen LogP contribution in [-0.2, 0) is 6.54 Å². The van der Waals surface area contributed by atoms with Crippen LogP contribution in [0.5, 0.6) is 0 Å². The van der Waals surface area contributed by atoms with Crippen molar-refractivity contribution in [3.05, 3.63) is 51.4 Å². The molecule has 2 aromatic rings. The van der Waals surface area contributed by atoms with Gasteiger partial charge in [0, 0.05) is 64.2 Å². The Kier molecular flexibility index (Phi) is 5.41. The second-order valence-corrected chi connectivity index (χ2v) is 6.86. The lowest BCUT2D eigenvalue weighted by molar-refractivity contribution is -0.384. The van der Waals surface area contributed by atoms with Crippen LogP contribution in [0.4, 0.5) is 11.4 Å². The molecule has 1 aromatic carbocycles. The van der Waals surface area contributed by atoms with Crippen LogP contribution >= 0.6 is 0 Å². The second-order valence-electron chi connectivity index (χ2n) is 6.86. The van der Waals surface area contributed by atoms with Gasteiger partial charge in [-0.15, -0.1) is 0 Å². The number of nitro benzene ring substituents is 1. The van der Waals surface area contributed by atoms with E-state index in [0.717, 1.165) is 11.5 Å². The molecule has 2 heterocycles. The third-order valence-electron chi connectivity index (χ3n) is 4.62. The highest BCUT2D eigenvalue weighted by atomic mass is 16.6. The minimum atomic E-state index is -0.479. The number of hydrogen-bond donors (Lipinski definition) is 0. The van der Waals surface area contributed by atoms with Crippen molar-refractivity contribution < 1.29 is 14.2 Å². The third-order valence-corrected chi connectivity index (χ3v) is 4.62. The van der Waals surface area contributed by atoms with Gasteiger partial charge in [0.1, 0.15) is 0 Å². The Bertz CT molecular complexity index is 840. The van der Waals surface area contributed by atoms with Gasteiger partial charge in [-0.05, 0) is 13.0 Å². The molecule has 3 rings (SSSR count). The lowest BCUT2D eigenvalue weighted by atomic mass is 10.1. The average Bonchev–Trinajstić information content (AvgIpc) is 3.05. The first-order valence-electron chi connectivity index (χ1n) is 8.74. The molecule has 1 aromatic heterocycles. The van der Waals surface area contributed by atoms with Crippen LogP contribution in [0.2, 0.25) is 0 Å². The van der Waals surface area contributed by atoms with Crippen LogP contribution in [0.1, 0.15) is 21.8 Å². The number of piperazine rings is 1. The molecular weight excluding hydrogens is 350 g/mol. The highest BCUT2D eigenvalue weighted by Crippen LogP contribution is 2.26. The van der Waals surface area contributed by atoms with Crippen molar-refractivity contribution in [1.82, 2.24) is 15.0 Å². The number of benzene rings is 1. The molecule has 0 bridgehead atoms. The van der Waals surface area contributed by atoms with Crippen molar-refractivity contribution in [2.45, 2.75) is 13.5 Å². The van der Waals surface area contributed by atoms with Gasteiger partial charge in [0.05, 0.1) is 22.7 Å². The van der Waals surface area contributed by atoms with E-state index in [1.54, 1.807) is 15.9 Å². The summed E-state index contributed by atoms with van der Waals surface area (Å²) in [6.07, 6.45) is 0. The van der Waals surface area contributed by atoms with E-state index in [2.05, 4.69) is 10.1 Å². The largest absolute Gasteiger partial charge is 0.377 e. The third kappa shape index (κ3) is 4.25. The summed E-state index contributed by atoms with van der Waals surface area (Å²) in [5, 5.41) is 15.0. The second kappa shape index (κ2) is 7.75. The monoisotopic (exact) mass is 373 g/mol. The van der Waals surface area contributed by atoms with E-state index in [1.165, 1.54) is 12.1 Å². The fourth-order valence-corrected chi connectivity index (χ4v) is 3.19. The molecule has 9 nitrogen and oxygen atoms in total. The van der Waals surface area contributed by atoms with Crippen molar-refractivity contribution >= 4 is 17.3 Å². The smallest absolute Gasteiger partial charge is 0.270 e. The molecule has 0 atom stereocenters. The number of carbonyl (C=O) groups excluding carboxylic acids is 1. The highest BCUT2D eigenvalue weighted by Gasteiger charge is 2.26. The molecule has 1 saturated heterocycles. The highest BCUT2D eigenvalue weighted by molar-refractivity contribution is 6.00. The molecule has 0 radical (unpaired) electrons. The first-order valence-corrected chi connectivity index (χ1v) is 8.74. The van der Waals surface area contributed by atoms with E-state index in [0.29, 0.717) is 44.0 Å². The van der Waals surface area contributed by atoms with E-state index in [4.69, 9.17) is 4.52 Å². The number of aromatic nitrogens is 1. The number of rotatable bonds is 5. The fourth-order valence-electron chi connectivity index (χ4n) is 3.19. The van der Waals surface area contributed by atoms with Gasteiger partial charge in [-0.1, -0.05) is 5.16 Å². The zero-order valence-corrected chi connectivity index (χ0v) is 15.7. The Morgan fingerprint density at radius 1 is 1.26 bits per heavy atom. The van der Waals surface area contributed by atoms with Crippen molar-refractivity contribution in [1.29, 1.82) is 0 Å². The lowest BCUT2D eigenvalue weighted by Crippen LogP contribution is -2.48. The normalized spacial score (nSPS) is 15.0. The van der Waals surface area contributed by atoms with Crippen LogP contribution in [0, 0.1) is 17.0 Å². The van der Waals surface area contributed by atoms with Crippen LogP contribution in [0.3, 0.4) is 0 Å². The minimum absolute atomic E-state index is 0.0803. The summed E-state index contributed by atoms with van der Waals surface area (Å²) in [7, 11) is 3.63. The van der Waals surface area contributed by atoms with Crippen molar-refractivity contribution in [3.63, 3.8) is 0 Å². The standard InChI is InChI=1S/C18H23N5O4/c1-13-10-15(27-19-13)12-21-6-8-22(9-7-21)18(24)16-11-14(23(25)26)4-5-17(16)20(2)3/h4-5,10-11H,6-9,12H2,1-3H3.